The summed E-state index contributed by atoms with van der Waals surface area (Å²) in [7, 11) is 0. The van der Waals surface area contributed by atoms with Gasteiger partial charge in [0.2, 0.25) is 5.91 Å². The van der Waals surface area contributed by atoms with Crippen molar-refractivity contribution < 1.29 is 14.4 Å². The quantitative estimate of drug-likeness (QED) is 0.664. The Morgan fingerprint density at radius 1 is 0.969 bits per heavy atom. The number of likely N-dealkylation sites (tertiary alicyclic amines) is 1. The molecule has 0 spiro atoms. The number of hydrogen-bond donors (Lipinski definition) is 2. The highest BCUT2D eigenvalue weighted by Gasteiger charge is 2.34. The lowest BCUT2D eigenvalue weighted by Gasteiger charge is -2.36. The smallest absolute Gasteiger partial charge is 0.253 e. The van der Waals surface area contributed by atoms with Crippen LogP contribution in [0.15, 0.2) is 54.6 Å². The Kier molecular flexibility index (Phi) is 8.28. The molecule has 2 aromatic rings. The lowest BCUT2D eigenvalue weighted by molar-refractivity contribution is -0.125. The average Bonchev–Trinajstić information content (AvgIpc) is 2.83. The molecular weight excluding hydrogens is 426 g/mol. The maximum absolute atomic E-state index is 13.0. The molecule has 1 aliphatic rings. The van der Waals surface area contributed by atoms with Crippen LogP contribution in [0.2, 0.25) is 5.02 Å². The second kappa shape index (κ2) is 11.1. The van der Waals surface area contributed by atoms with Gasteiger partial charge in [-0.15, -0.1) is 0 Å². The summed E-state index contributed by atoms with van der Waals surface area (Å²) in [4.78, 5) is 40.4. The van der Waals surface area contributed by atoms with Crippen LogP contribution in [0.3, 0.4) is 0 Å². The van der Waals surface area contributed by atoms with Gasteiger partial charge in [0.25, 0.3) is 11.8 Å². The van der Waals surface area contributed by atoms with E-state index < -0.39 is 6.04 Å². The Labute approximate surface area is 194 Å². The molecule has 1 saturated heterocycles. The third kappa shape index (κ3) is 6.10. The van der Waals surface area contributed by atoms with E-state index >= 15 is 0 Å². The highest BCUT2D eigenvalue weighted by molar-refractivity contribution is 6.30. The molecule has 32 heavy (non-hydrogen) atoms. The summed E-state index contributed by atoms with van der Waals surface area (Å²) in [5.74, 6) is -0.546. The Balaban J connectivity index is 1.68. The summed E-state index contributed by atoms with van der Waals surface area (Å²) in [5.41, 5.74) is 1.11. The van der Waals surface area contributed by atoms with E-state index in [-0.39, 0.29) is 29.7 Å². The molecule has 170 valence electrons. The van der Waals surface area contributed by atoms with Gasteiger partial charge in [0.1, 0.15) is 6.04 Å². The van der Waals surface area contributed by atoms with Gasteiger partial charge in [0, 0.05) is 35.3 Å². The average molecular weight is 456 g/mol. The molecule has 1 heterocycles. The van der Waals surface area contributed by atoms with Gasteiger partial charge in [-0.05, 0) is 68.5 Å². The second-order valence-electron chi connectivity index (χ2n) is 8.27. The molecule has 0 aromatic heterocycles. The standard InChI is InChI=1S/C25H30ClN3O3/c1-3-17(2)27-24(31)22(28-23(30)19-7-5-4-6-8-19)18-13-15-29(16-14-18)25(32)20-9-11-21(26)12-10-20/h4-12,17-18,22H,3,13-16H2,1-2H3,(H,27,31)(H,28,30)/t17-,22-/m0/s1. The highest BCUT2D eigenvalue weighted by Crippen LogP contribution is 2.23. The van der Waals surface area contributed by atoms with Crippen LogP contribution in [0, 0.1) is 5.92 Å². The summed E-state index contributed by atoms with van der Waals surface area (Å²) in [6.45, 7) is 5.01. The fourth-order valence-electron chi connectivity index (χ4n) is 3.86. The van der Waals surface area contributed by atoms with Crippen LogP contribution in [0.5, 0.6) is 0 Å². The maximum Gasteiger partial charge on any atom is 0.253 e. The molecule has 3 rings (SSSR count). The van der Waals surface area contributed by atoms with E-state index in [0.29, 0.717) is 42.1 Å². The van der Waals surface area contributed by atoms with Crippen molar-refractivity contribution >= 4 is 29.3 Å². The minimum absolute atomic E-state index is 0.0187. The van der Waals surface area contributed by atoms with Gasteiger partial charge in [0.05, 0.1) is 0 Å². The number of nitrogens with one attached hydrogen (secondary N) is 2. The third-order valence-corrected chi connectivity index (χ3v) is 6.25. The van der Waals surface area contributed by atoms with E-state index in [0.717, 1.165) is 6.42 Å². The first-order valence-corrected chi connectivity index (χ1v) is 11.5. The fraction of sp³-hybridized carbons (Fsp3) is 0.400. The van der Waals surface area contributed by atoms with Crippen LogP contribution in [0.4, 0.5) is 0 Å². The molecule has 0 bridgehead atoms. The van der Waals surface area contributed by atoms with E-state index in [4.69, 9.17) is 11.6 Å². The van der Waals surface area contributed by atoms with Crippen LogP contribution in [0.1, 0.15) is 53.8 Å². The first kappa shape index (κ1) is 23.8. The van der Waals surface area contributed by atoms with Gasteiger partial charge in [-0.1, -0.05) is 36.7 Å². The minimum Gasteiger partial charge on any atom is -0.352 e. The van der Waals surface area contributed by atoms with Crippen LogP contribution >= 0.6 is 11.6 Å². The summed E-state index contributed by atoms with van der Waals surface area (Å²) >= 11 is 5.92. The van der Waals surface area contributed by atoms with Crippen LogP contribution in [-0.4, -0.2) is 47.8 Å². The van der Waals surface area contributed by atoms with E-state index in [2.05, 4.69) is 10.6 Å². The zero-order valence-electron chi connectivity index (χ0n) is 18.5. The van der Waals surface area contributed by atoms with Gasteiger partial charge in [-0.25, -0.2) is 0 Å². The number of halogens is 1. The zero-order valence-corrected chi connectivity index (χ0v) is 19.3. The van der Waals surface area contributed by atoms with Crippen molar-refractivity contribution in [3.63, 3.8) is 0 Å². The normalized spacial score (nSPS) is 16.2. The lowest BCUT2D eigenvalue weighted by atomic mass is 9.88. The predicted octanol–water partition coefficient (Wildman–Crippen LogP) is 3.91. The minimum atomic E-state index is -0.649. The summed E-state index contributed by atoms with van der Waals surface area (Å²) in [6, 6.07) is 15.1. The Morgan fingerprint density at radius 3 is 2.19 bits per heavy atom. The molecule has 1 aliphatic heterocycles. The van der Waals surface area contributed by atoms with Crippen LogP contribution in [-0.2, 0) is 4.79 Å². The summed E-state index contributed by atoms with van der Waals surface area (Å²) < 4.78 is 0. The van der Waals surface area contributed by atoms with Gasteiger partial charge < -0.3 is 15.5 Å². The van der Waals surface area contributed by atoms with Gasteiger partial charge in [0.15, 0.2) is 0 Å². The molecule has 0 radical (unpaired) electrons. The van der Waals surface area contributed by atoms with E-state index in [1.54, 1.807) is 53.4 Å². The van der Waals surface area contributed by atoms with Crippen LogP contribution < -0.4 is 10.6 Å². The molecule has 6 nitrogen and oxygen atoms in total. The van der Waals surface area contributed by atoms with Crippen molar-refractivity contribution in [2.45, 2.75) is 45.2 Å². The largest absolute Gasteiger partial charge is 0.352 e. The molecular formula is C25H30ClN3O3. The number of nitrogens with zero attached hydrogens (tertiary/aromatic N) is 1. The zero-order chi connectivity index (χ0) is 23.1. The number of benzene rings is 2. The summed E-state index contributed by atoms with van der Waals surface area (Å²) in [5, 5.41) is 6.53. The Morgan fingerprint density at radius 2 is 1.59 bits per heavy atom. The number of piperidine rings is 1. The highest BCUT2D eigenvalue weighted by atomic mass is 35.5. The fourth-order valence-corrected chi connectivity index (χ4v) is 3.98. The monoisotopic (exact) mass is 455 g/mol. The van der Waals surface area contributed by atoms with Crippen molar-refractivity contribution in [1.82, 2.24) is 15.5 Å². The Bertz CT molecular complexity index is 925. The molecule has 0 unspecified atom stereocenters. The first-order chi connectivity index (χ1) is 15.4. The second-order valence-corrected chi connectivity index (χ2v) is 8.71. The molecule has 7 heteroatoms. The molecule has 0 saturated carbocycles. The molecule has 2 N–H and O–H groups in total. The molecule has 1 fully saturated rings. The number of carbonyl (C=O) groups excluding carboxylic acids is 3. The molecule has 3 amide bonds. The van der Waals surface area contributed by atoms with E-state index in [9.17, 15) is 14.4 Å². The van der Waals surface area contributed by atoms with Crippen molar-refractivity contribution in [2.75, 3.05) is 13.1 Å². The van der Waals surface area contributed by atoms with Crippen molar-refractivity contribution in [1.29, 1.82) is 0 Å². The van der Waals surface area contributed by atoms with E-state index in [1.165, 1.54) is 0 Å². The van der Waals surface area contributed by atoms with Gasteiger partial charge in [-0.2, -0.15) is 0 Å². The molecule has 0 aliphatic carbocycles. The van der Waals surface area contributed by atoms with E-state index in [1.807, 2.05) is 19.9 Å². The predicted molar refractivity (Wildman–Crippen MR) is 126 cm³/mol. The number of rotatable bonds is 7. The van der Waals surface area contributed by atoms with Crippen molar-refractivity contribution in [2.24, 2.45) is 5.92 Å². The Hall–Kier alpha value is -2.86. The first-order valence-electron chi connectivity index (χ1n) is 11.1. The summed E-state index contributed by atoms with van der Waals surface area (Å²) in [6.07, 6.45) is 2.07. The van der Waals surface area contributed by atoms with Gasteiger partial charge >= 0.3 is 0 Å². The van der Waals surface area contributed by atoms with Crippen LogP contribution in [0.25, 0.3) is 0 Å². The molecule has 2 aromatic carbocycles. The third-order valence-electron chi connectivity index (χ3n) is 6.00. The van der Waals surface area contributed by atoms with Crippen molar-refractivity contribution in [3.05, 3.63) is 70.7 Å². The lowest BCUT2D eigenvalue weighted by Crippen LogP contribution is -2.55. The number of amides is 3. The topological polar surface area (TPSA) is 78.5 Å². The maximum atomic E-state index is 13.0. The molecule has 2 atom stereocenters. The van der Waals surface area contributed by atoms with Gasteiger partial charge in [-0.3, -0.25) is 14.4 Å². The number of hydrogen-bond acceptors (Lipinski definition) is 3. The SMILES string of the molecule is CC[C@H](C)NC(=O)[C@@H](NC(=O)c1ccccc1)C1CCN(C(=O)c2ccc(Cl)cc2)CC1. The van der Waals surface area contributed by atoms with Crippen molar-refractivity contribution in [3.8, 4) is 0 Å². The number of carbonyl (C=O) groups is 3.